The molecular weight excluding hydrogens is 304 g/mol. The van der Waals surface area contributed by atoms with Gasteiger partial charge in [0.2, 0.25) is 0 Å². The van der Waals surface area contributed by atoms with Gasteiger partial charge in [0.05, 0.1) is 30.1 Å². The second kappa shape index (κ2) is 6.09. The minimum absolute atomic E-state index is 0.212. The third kappa shape index (κ3) is 2.56. The van der Waals surface area contributed by atoms with Crippen LogP contribution in [0.1, 0.15) is 18.7 Å². The predicted octanol–water partition coefficient (Wildman–Crippen LogP) is 2.20. The number of hydrogen-bond acceptors (Lipinski definition) is 5. The maximum Gasteiger partial charge on any atom is 0.169 e. The van der Waals surface area contributed by atoms with Gasteiger partial charge < -0.3 is 15.0 Å². The second-order valence-electron chi connectivity index (χ2n) is 6.01. The van der Waals surface area contributed by atoms with E-state index >= 15 is 0 Å². The minimum Gasteiger partial charge on any atom is -0.383 e. The van der Waals surface area contributed by atoms with E-state index in [0.717, 1.165) is 48.9 Å². The first-order chi connectivity index (χ1) is 11.7. The second-order valence-corrected chi connectivity index (χ2v) is 6.01. The van der Waals surface area contributed by atoms with Gasteiger partial charge in [0, 0.05) is 6.61 Å². The Kier molecular flexibility index (Phi) is 3.78. The minimum atomic E-state index is 0.212. The summed E-state index contributed by atoms with van der Waals surface area (Å²) in [6, 6.07) is 9.82. The lowest BCUT2D eigenvalue weighted by Crippen LogP contribution is -2.17. The predicted molar refractivity (Wildman–Crippen MR) is 90.7 cm³/mol. The maximum atomic E-state index is 6.34. The molecule has 0 saturated carbocycles. The van der Waals surface area contributed by atoms with Crippen LogP contribution < -0.4 is 5.73 Å². The van der Waals surface area contributed by atoms with E-state index in [-0.39, 0.29) is 6.10 Å². The summed E-state index contributed by atoms with van der Waals surface area (Å²) in [6.45, 7) is 3.52. The number of nitrogen functional groups attached to an aromatic ring is 1. The van der Waals surface area contributed by atoms with Crippen molar-refractivity contribution in [2.24, 2.45) is 0 Å². The molecule has 1 unspecified atom stereocenters. The summed E-state index contributed by atoms with van der Waals surface area (Å²) in [4.78, 5) is 0. The van der Waals surface area contributed by atoms with Crippen molar-refractivity contribution < 1.29 is 4.74 Å². The van der Waals surface area contributed by atoms with Crippen LogP contribution in [-0.4, -0.2) is 37.3 Å². The van der Waals surface area contributed by atoms with Crippen molar-refractivity contribution in [2.75, 3.05) is 12.3 Å². The highest BCUT2D eigenvalue weighted by Gasteiger charge is 2.22. The van der Waals surface area contributed by atoms with Crippen LogP contribution in [0.5, 0.6) is 0 Å². The van der Waals surface area contributed by atoms with E-state index in [9.17, 15) is 0 Å². The van der Waals surface area contributed by atoms with Gasteiger partial charge >= 0.3 is 0 Å². The first-order valence-corrected chi connectivity index (χ1v) is 8.14. The number of aromatic nitrogens is 5. The Morgan fingerprint density at radius 1 is 1.25 bits per heavy atom. The molecule has 0 bridgehead atoms. The zero-order valence-electron chi connectivity index (χ0n) is 13.6. The van der Waals surface area contributed by atoms with Crippen molar-refractivity contribution >= 4 is 5.82 Å². The van der Waals surface area contributed by atoms with Crippen molar-refractivity contribution in [3.05, 3.63) is 42.4 Å². The van der Waals surface area contributed by atoms with Crippen LogP contribution in [0.2, 0.25) is 0 Å². The van der Waals surface area contributed by atoms with Crippen LogP contribution in [0, 0.1) is 6.92 Å². The zero-order valence-corrected chi connectivity index (χ0v) is 13.6. The standard InChI is InChI=1S/C17H20N6O/c1-12-20-21-17(22(12)11-14-8-5-9-24-14)15-10-19-23(16(15)18)13-6-3-2-4-7-13/h2-4,6-7,10,14H,5,8-9,11,18H2,1H3. The van der Waals surface area contributed by atoms with Gasteiger partial charge in [-0.05, 0) is 31.9 Å². The van der Waals surface area contributed by atoms with Crippen LogP contribution in [-0.2, 0) is 11.3 Å². The summed E-state index contributed by atoms with van der Waals surface area (Å²) in [5.41, 5.74) is 8.05. The molecule has 2 aromatic heterocycles. The number of benzene rings is 1. The lowest BCUT2D eigenvalue weighted by atomic mass is 10.2. The molecule has 0 amide bonds. The number of aryl methyl sites for hydroxylation is 1. The smallest absolute Gasteiger partial charge is 0.169 e. The van der Waals surface area contributed by atoms with E-state index in [1.54, 1.807) is 10.9 Å². The molecule has 1 aliphatic rings. The third-order valence-corrected chi connectivity index (χ3v) is 4.39. The molecule has 24 heavy (non-hydrogen) atoms. The molecular formula is C17H20N6O. The quantitative estimate of drug-likeness (QED) is 0.795. The number of nitrogens with zero attached hydrogens (tertiary/aromatic N) is 5. The van der Waals surface area contributed by atoms with Gasteiger partial charge in [-0.1, -0.05) is 18.2 Å². The van der Waals surface area contributed by atoms with Gasteiger partial charge in [-0.3, -0.25) is 0 Å². The summed E-state index contributed by atoms with van der Waals surface area (Å²) >= 11 is 0. The number of rotatable bonds is 4. The van der Waals surface area contributed by atoms with Crippen molar-refractivity contribution in [1.29, 1.82) is 0 Å². The first-order valence-electron chi connectivity index (χ1n) is 8.14. The lowest BCUT2D eigenvalue weighted by Gasteiger charge is -2.13. The van der Waals surface area contributed by atoms with Crippen LogP contribution in [0.4, 0.5) is 5.82 Å². The molecule has 3 heterocycles. The largest absolute Gasteiger partial charge is 0.383 e. The summed E-state index contributed by atoms with van der Waals surface area (Å²) in [6.07, 6.45) is 4.13. The van der Waals surface area contributed by atoms with Gasteiger partial charge in [-0.15, -0.1) is 10.2 Å². The molecule has 1 atom stereocenters. The van der Waals surface area contributed by atoms with E-state index in [1.165, 1.54) is 0 Å². The normalized spacial score (nSPS) is 17.5. The SMILES string of the molecule is Cc1nnc(-c2cnn(-c3ccccc3)c2N)n1CC1CCCO1. The Bertz CT molecular complexity index is 832. The van der Waals surface area contributed by atoms with E-state index in [2.05, 4.69) is 19.9 Å². The summed E-state index contributed by atoms with van der Waals surface area (Å²) in [7, 11) is 0. The maximum absolute atomic E-state index is 6.34. The summed E-state index contributed by atoms with van der Waals surface area (Å²) in [5, 5.41) is 13.0. The molecule has 1 aromatic carbocycles. The molecule has 124 valence electrons. The fourth-order valence-electron chi connectivity index (χ4n) is 3.10. The average Bonchev–Trinajstić information content (AvgIpc) is 3.32. The molecule has 0 spiro atoms. The highest BCUT2D eigenvalue weighted by atomic mass is 16.5. The molecule has 1 saturated heterocycles. The summed E-state index contributed by atoms with van der Waals surface area (Å²) < 4.78 is 9.53. The van der Waals surface area contributed by atoms with Crippen LogP contribution in [0.15, 0.2) is 36.5 Å². The molecule has 1 aliphatic heterocycles. The Morgan fingerprint density at radius 3 is 2.83 bits per heavy atom. The molecule has 7 nitrogen and oxygen atoms in total. The van der Waals surface area contributed by atoms with Crippen molar-refractivity contribution in [3.8, 4) is 17.1 Å². The van der Waals surface area contributed by atoms with Crippen molar-refractivity contribution in [3.63, 3.8) is 0 Å². The van der Waals surface area contributed by atoms with E-state index in [1.807, 2.05) is 37.3 Å². The summed E-state index contributed by atoms with van der Waals surface area (Å²) in [5.74, 6) is 2.15. The lowest BCUT2D eigenvalue weighted by molar-refractivity contribution is 0.0968. The van der Waals surface area contributed by atoms with Crippen LogP contribution in [0.3, 0.4) is 0 Å². The number of nitrogens with two attached hydrogens (primary N) is 1. The molecule has 0 aliphatic carbocycles. The fraction of sp³-hybridized carbons (Fsp3) is 0.353. The fourth-order valence-corrected chi connectivity index (χ4v) is 3.10. The first kappa shape index (κ1) is 14.9. The van der Waals surface area contributed by atoms with E-state index < -0.39 is 0 Å². The molecule has 0 radical (unpaired) electrons. The number of hydrogen-bond donors (Lipinski definition) is 1. The van der Waals surface area contributed by atoms with Crippen molar-refractivity contribution in [1.82, 2.24) is 24.5 Å². The third-order valence-electron chi connectivity index (χ3n) is 4.39. The number of ether oxygens (including phenoxy) is 1. The molecule has 7 heteroatoms. The Morgan fingerprint density at radius 2 is 2.08 bits per heavy atom. The Hall–Kier alpha value is -2.67. The zero-order chi connectivity index (χ0) is 16.5. The highest BCUT2D eigenvalue weighted by Crippen LogP contribution is 2.28. The highest BCUT2D eigenvalue weighted by molar-refractivity contribution is 5.69. The number of anilines is 1. The van der Waals surface area contributed by atoms with Gasteiger partial charge in [0.25, 0.3) is 0 Å². The monoisotopic (exact) mass is 324 g/mol. The van der Waals surface area contributed by atoms with E-state index in [0.29, 0.717) is 5.82 Å². The molecule has 3 aromatic rings. The molecule has 4 rings (SSSR count). The average molecular weight is 324 g/mol. The van der Waals surface area contributed by atoms with Gasteiger partial charge in [-0.2, -0.15) is 5.10 Å². The van der Waals surface area contributed by atoms with Crippen molar-refractivity contribution in [2.45, 2.75) is 32.4 Å². The Labute approximate surface area is 140 Å². The van der Waals surface area contributed by atoms with Gasteiger partial charge in [0.1, 0.15) is 11.6 Å². The van der Waals surface area contributed by atoms with Crippen LogP contribution in [0.25, 0.3) is 17.1 Å². The molecule has 1 fully saturated rings. The van der Waals surface area contributed by atoms with E-state index in [4.69, 9.17) is 10.5 Å². The van der Waals surface area contributed by atoms with Gasteiger partial charge in [-0.25, -0.2) is 4.68 Å². The van der Waals surface area contributed by atoms with Gasteiger partial charge in [0.15, 0.2) is 5.82 Å². The van der Waals surface area contributed by atoms with Crippen LogP contribution >= 0.6 is 0 Å². The molecule has 2 N–H and O–H groups in total. The topological polar surface area (TPSA) is 83.8 Å². The Balaban J connectivity index is 1.71. The number of para-hydroxylation sites is 1.